The largest absolute Gasteiger partial charge is 0.478 e. The maximum Gasteiger partial charge on any atom is 0.335 e. The number of hydrogen-bond donors (Lipinski definition) is 4. The minimum absolute atomic E-state index is 0.0232. The molecule has 0 fully saturated rings. The standard InChI is InChI=1S/C64H32N4O14/c69-59-39-27-47(81-35-15-7-11-31(23-35)63(75)76)53-52-46(80-34-14-6-10-30(22-34)62(73)74)26-38-50-40(60(70)68-44-20-4-2-18-42(44)66-58(38)68)28-48(82-36-16-8-12-32(24-36)64(77)78)54(56(50)52)51-45(79-33-13-5-9-29(21-33)61(71)72)25-37(49(39)55(51)53)57-65-41-17-1-3-19-43(41)67(57)59/h1-28H,(H,71,72)(H,73,74)(H,75,76)(H,77,78). The molecule has 0 aliphatic carbocycles. The van der Waals surface area contributed by atoms with Crippen molar-refractivity contribution in [2.24, 2.45) is 0 Å². The minimum atomic E-state index is -1.25. The molecule has 18 heteroatoms. The van der Waals surface area contributed by atoms with Crippen LogP contribution in [0.3, 0.4) is 0 Å². The lowest BCUT2D eigenvalue weighted by molar-refractivity contribution is 0.0686. The molecule has 0 amide bonds. The molecule has 0 radical (unpaired) electrons. The average molecular weight is 1080 g/mol. The molecule has 0 aliphatic rings. The Kier molecular flexibility index (Phi) is 9.97. The summed E-state index contributed by atoms with van der Waals surface area (Å²) in [6.45, 7) is 0. The predicted molar refractivity (Wildman–Crippen MR) is 304 cm³/mol. The van der Waals surface area contributed by atoms with E-state index in [2.05, 4.69) is 0 Å². The van der Waals surface area contributed by atoms with Crippen molar-refractivity contribution < 1.29 is 58.6 Å². The highest BCUT2D eigenvalue weighted by atomic mass is 16.5. The van der Waals surface area contributed by atoms with Crippen molar-refractivity contribution in [3.05, 3.63) is 213 Å². The van der Waals surface area contributed by atoms with Crippen LogP contribution in [0.5, 0.6) is 46.0 Å². The maximum atomic E-state index is 15.6. The lowest BCUT2D eigenvalue weighted by Gasteiger charge is -2.25. The third kappa shape index (κ3) is 6.94. The van der Waals surface area contributed by atoms with Gasteiger partial charge in [0.1, 0.15) is 57.3 Å². The van der Waals surface area contributed by atoms with Gasteiger partial charge < -0.3 is 39.4 Å². The third-order valence-electron chi connectivity index (χ3n) is 14.9. The number of imidazole rings is 2. The van der Waals surface area contributed by atoms with Gasteiger partial charge in [-0.1, -0.05) is 48.5 Å². The predicted octanol–water partition coefficient (Wildman–Crippen LogP) is 13.2. The molecule has 4 N–H and O–H groups in total. The maximum absolute atomic E-state index is 15.6. The van der Waals surface area contributed by atoms with E-state index in [1.807, 2.05) is 0 Å². The van der Waals surface area contributed by atoms with E-state index in [9.17, 15) is 39.6 Å². The van der Waals surface area contributed by atoms with Gasteiger partial charge in [0.15, 0.2) is 0 Å². The molecule has 4 aromatic heterocycles. The molecule has 0 bridgehead atoms. The van der Waals surface area contributed by atoms with Crippen LogP contribution in [-0.4, -0.2) is 63.1 Å². The van der Waals surface area contributed by atoms with Crippen molar-refractivity contribution in [2.45, 2.75) is 0 Å². The summed E-state index contributed by atoms with van der Waals surface area (Å²) in [5.74, 6) is -4.70. The van der Waals surface area contributed by atoms with Gasteiger partial charge in [0.25, 0.3) is 11.1 Å². The van der Waals surface area contributed by atoms with Gasteiger partial charge in [0, 0.05) is 53.9 Å². The summed E-state index contributed by atoms with van der Waals surface area (Å²) in [7, 11) is 0. The molecule has 15 aromatic rings. The Morgan fingerprint density at radius 2 is 0.622 bits per heavy atom. The number of benzene rings is 11. The topological polar surface area (TPSA) is 255 Å². The van der Waals surface area contributed by atoms with Crippen molar-refractivity contribution in [1.29, 1.82) is 0 Å². The summed E-state index contributed by atoms with van der Waals surface area (Å²) in [4.78, 5) is 91.5. The molecule has 0 saturated heterocycles. The Hall–Kier alpha value is -11.9. The van der Waals surface area contributed by atoms with Gasteiger partial charge in [0.2, 0.25) is 0 Å². The summed E-state index contributed by atoms with van der Waals surface area (Å²) >= 11 is 0. The molecule has 15 rings (SSSR count). The SMILES string of the molecule is O=C(O)c1cccc(Oc2cc3c(=O)n4c5ccccc5nc4c4cc(Oc5cccc(C(=O)O)c5)c5c6c(Oc7cccc(C(=O)O)c7)cc7c(=O)n8c9ccccc9nc8c8cc(Oc9cccc(C(=O)O)c9)c(c2c5c34)c6c78)c1. The fourth-order valence-electron chi connectivity index (χ4n) is 11.5. The first-order valence-corrected chi connectivity index (χ1v) is 25.2. The van der Waals surface area contributed by atoms with Gasteiger partial charge >= 0.3 is 23.9 Å². The monoisotopic (exact) mass is 1080 g/mol. The van der Waals surface area contributed by atoms with Gasteiger partial charge in [0.05, 0.1) is 55.1 Å². The summed E-state index contributed by atoms with van der Waals surface area (Å²) in [5.41, 5.74) is 0.803. The number of rotatable bonds is 12. The lowest BCUT2D eigenvalue weighted by atomic mass is 9.84. The molecular weight excluding hydrogens is 1050 g/mol. The summed E-state index contributed by atoms with van der Waals surface area (Å²) in [5, 5.41) is 43.9. The highest BCUT2D eigenvalue weighted by Crippen LogP contribution is 2.57. The molecule has 0 saturated carbocycles. The first kappa shape index (κ1) is 47.3. The van der Waals surface area contributed by atoms with E-state index in [1.165, 1.54) is 81.6 Å². The number of carbonyl (C=O) groups is 4. The van der Waals surface area contributed by atoms with Crippen LogP contribution in [0.4, 0.5) is 0 Å². The summed E-state index contributed by atoms with van der Waals surface area (Å²) in [6.07, 6.45) is 0. The molecule has 392 valence electrons. The number of nitrogens with zero attached hydrogens (tertiary/aromatic N) is 4. The fraction of sp³-hybridized carbons (Fsp3) is 0. The molecule has 18 nitrogen and oxygen atoms in total. The van der Waals surface area contributed by atoms with E-state index in [4.69, 9.17) is 28.9 Å². The van der Waals surface area contributed by atoms with E-state index >= 15 is 9.59 Å². The van der Waals surface area contributed by atoms with Gasteiger partial charge in [-0.25, -0.2) is 29.1 Å². The summed E-state index contributed by atoms with van der Waals surface area (Å²) < 4.78 is 30.8. The zero-order chi connectivity index (χ0) is 56.0. The first-order valence-electron chi connectivity index (χ1n) is 25.2. The van der Waals surface area contributed by atoms with E-state index in [0.717, 1.165) is 0 Å². The molecule has 0 spiro atoms. The van der Waals surface area contributed by atoms with Crippen LogP contribution in [0.25, 0.3) is 98.0 Å². The highest BCUT2D eigenvalue weighted by molar-refractivity contribution is 6.45. The van der Waals surface area contributed by atoms with E-state index in [-0.39, 0.29) is 123 Å². The molecule has 11 aromatic carbocycles. The van der Waals surface area contributed by atoms with Crippen LogP contribution in [0, 0.1) is 0 Å². The minimum Gasteiger partial charge on any atom is -0.478 e. The molecular formula is C64H32N4O14. The van der Waals surface area contributed by atoms with E-state index in [1.54, 1.807) is 97.1 Å². The fourth-order valence-corrected chi connectivity index (χ4v) is 11.5. The number of fused-ring (bicyclic) bond motifs is 10. The Labute approximate surface area is 456 Å². The van der Waals surface area contributed by atoms with Crippen LogP contribution >= 0.6 is 0 Å². The normalized spacial score (nSPS) is 11.9. The van der Waals surface area contributed by atoms with Crippen LogP contribution in [0.1, 0.15) is 41.4 Å². The zero-order valence-corrected chi connectivity index (χ0v) is 41.8. The number of para-hydroxylation sites is 4. The summed E-state index contributed by atoms with van der Waals surface area (Å²) in [6, 6.07) is 43.7. The highest BCUT2D eigenvalue weighted by Gasteiger charge is 2.33. The zero-order valence-electron chi connectivity index (χ0n) is 41.8. The Bertz CT molecular complexity index is 5140. The van der Waals surface area contributed by atoms with Crippen LogP contribution < -0.4 is 30.1 Å². The number of aromatic nitrogens is 4. The van der Waals surface area contributed by atoms with Crippen molar-refractivity contribution >= 4 is 122 Å². The Balaban J connectivity index is 1.24. The molecule has 0 aliphatic heterocycles. The second-order valence-electron chi connectivity index (χ2n) is 19.6. The second-order valence-corrected chi connectivity index (χ2v) is 19.6. The van der Waals surface area contributed by atoms with Gasteiger partial charge in [-0.05, 0) is 121 Å². The van der Waals surface area contributed by atoms with Crippen molar-refractivity contribution in [2.75, 3.05) is 0 Å². The van der Waals surface area contributed by atoms with Gasteiger partial charge in [-0.3, -0.25) is 18.4 Å². The molecule has 0 unspecified atom stereocenters. The Morgan fingerprint density at radius 1 is 0.329 bits per heavy atom. The first-order chi connectivity index (χ1) is 39.8. The van der Waals surface area contributed by atoms with E-state index in [0.29, 0.717) is 43.6 Å². The lowest BCUT2D eigenvalue weighted by Crippen LogP contribution is -2.15. The average Bonchev–Trinajstić information content (AvgIpc) is 4.02. The smallest absolute Gasteiger partial charge is 0.335 e. The number of hydrogen-bond acceptors (Lipinski definition) is 12. The van der Waals surface area contributed by atoms with Crippen LogP contribution in [-0.2, 0) is 0 Å². The number of aromatic carboxylic acids is 4. The van der Waals surface area contributed by atoms with Crippen LogP contribution in [0.15, 0.2) is 179 Å². The number of carboxylic acids is 4. The number of carboxylic acid groups (broad SMARTS) is 4. The number of ether oxygens (including phenoxy) is 4. The molecule has 0 atom stereocenters. The molecule has 4 heterocycles. The van der Waals surface area contributed by atoms with Crippen molar-refractivity contribution in [3.8, 4) is 46.0 Å². The van der Waals surface area contributed by atoms with Gasteiger partial charge in [-0.15, -0.1) is 0 Å². The number of pyridine rings is 2. The quantitative estimate of drug-likeness (QED) is 0.0655. The van der Waals surface area contributed by atoms with E-state index < -0.39 is 35.0 Å². The second kappa shape index (κ2) is 17.3. The van der Waals surface area contributed by atoms with Gasteiger partial charge in [-0.2, -0.15) is 0 Å². The third-order valence-corrected chi connectivity index (χ3v) is 14.9. The Morgan fingerprint density at radius 3 is 0.927 bits per heavy atom. The van der Waals surface area contributed by atoms with Crippen LogP contribution in [0.2, 0.25) is 0 Å². The van der Waals surface area contributed by atoms with Crippen molar-refractivity contribution in [1.82, 2.24) is 18.8 Å². The molecule has 82 heavy (non-hydrogen) atoms. The van der Waals surface area contributed by atoms with Crippen molar-refractivity contribution in [3.63, 3.8) is 0 Å².